The van der Waals surface area contributed by atoms with Crippen LogP contribution < -0.4 is 0 Å². The Morgan fingerprint density at radius 3 is 2.08 bits per heavy atom. The maximum atomic E-state index is 10.8. The third-order valence-electron chi connectivity index (χ3n) is 1.90. The molecule has 0 saturated carbocycles. The van der Waals surface area contributed by atoms with E-state index in [9.17, 15) is 5.11 Å². The lowest BCUT2D eigenvalue weighted by Gasteiger charge is -2.04. The third-order valence-corrected chi connectivity index (χ3v) is 1.90. The molecule has 0 aliphatic heterocycles. The van der Waals surface area contributed by atoms with Crippen LogP contribution in [0.3, 0.4) is 0 Å². The van der Waals surface area contributed by atoms with Gasteiger partial charge in [-0.15, -0.1) is 0 Å². The van der Waals surface area contributed by atoms with Crippen molar-refractivity contribution in [3.05, 3.63) is 42.0 Å². The zero-order valence-corrected chi connectivity index (χ0v) is 7.50. The predicted octanol–water partition coefficient (Wildman–Crippen LogP) is 3.21. The highest BCUT2D eigenvalue weighted by Gasteiger charge is 2.00. The van der Waals surface area contributed by atoms with E-state index in [4.69, 9.17) is 0 Å². The molecule has 0 fully saturated rings. The average Bonchev–Trinajstić information content (AvgIpc) is 2.04. The lowest BCUT2D eigenvalue weighted by molar-refractivity contribution is 0.390. The number of hydrogen-bond donors (Lipinski definition) is 0. The average molecular weight is 161 g/mol. The van der Waals surface area contributed by atoms with Gasteiger partial charge < -0.3 is 0 Å². The molecule has 0 aliphatic carbocycles. The van der Waals surface area contributed by atoms with Gasteiger partial charge in [0.25, 0.3) is 0 Å². The van der Waals surface area contributed by atoms with Gasteiger partial charge in [-0.05, 0) is 11.5 Å². The highest BCUT2D eigenvalue weighted by atomic mass is 16.3. The van der Waals surface area contributed by atoms with Gasteiger partial charge >= 0.3 is 0 Å². The first-order chi connectivity index (χ1) is 5.61. The van der Waals surface area contributed by atoms with Crippen molar-refractivity contribution in [3.63, 3.8) is 0 Å². The largest absolute Gasteiger partial charge is 0.290 e. The molecule has 1 heteroatoms. The Morgan fingerprint density at radius 1 is 1.25 bits per heavy atom. The molecule has 0 spiro atoms. The van der Waals surface area contributed by atoms with Crippen LogP contribution in [0.25, 0.3) is 5.76 Å². The van der Waals surface area contributed by atoms with Gasteiger partial charge in [0.2, 0.25) is 0 Å². The normalized spacial score (nSPS) is 10.2. The van der Waals surface area contributed by atoms with Crippen LogP contribution >= 0.6 is 0 Å². The quantitative estimate of drug-likeness (QED) is 0.593. The van der Waals surface area contributed by atoms with Crippen LogP contribution in [-0.2, 0) is 5.11 Å². The van der Waals surface area contributed by atoms with Gasteiger partial charge in [0.1, 0.15) is 0 Å². The van der Waals surface area contributed by atoms with Gasteiger partial charge in [-0.2, -0.15) is 0 Å². The highest BCUT2D eigenvalue weighted by molar-refractivity contribution is 5.55. The molecule has 0 N–H and O–H groups in total. The van der Waals surface area contributed by atoms with Crippen LogP contribution in [0.5, 0.6) is 0 Å². The molecule has 0 atom stereocenters. The first-order valence-corrected chi connectivity index (χ1v) is 4.07. The zero-order chi connectivity index (χ0) is 9.14. The highest BCUT2D eigenvalue weighted by Crippen LogP contribution is 2.17. The van der Waals surface area contributed by atoms with Crippen LogP contribution in [0.4, 0.5) is 0 Å². The van der Waals surface area contributed by atoms with Crippen molar-refractivity contribution < 1.29 is 5.11 Å². The number of benzene rings is 1. The predicted molar refractivity (Wildman–Crippen MR) is 50.3 cm³/mol. The van der Waals surface area contributed by atoms with Crippen molar-refractivity contribution in [2.24, 2.45) is 0 Å². The topological polar surface area (TPSA) is 19.9 Å². The van der Waals surface area contributed by atoms with E-state index in [-0.39, 0.29) is 5.76 Å². The summed E-state index contributed by atoms with van der Waals surface area (Å²) in [6.45, 7) is 7.60. The summed E-state index contributed by atoms with van der Waals surface area (Å²) in [6, 6.07) is 7.60. The molecular formula is C11H13O. The Kier molecular flexibility index (Phi) is 2.54. The monoisotopic (exact) mass is 161 g/mol. The zero-order valence-electron chi connectivity index (χ0n) is 7.50. The lowest BCUT2D eigenvalue weighted by atomic mass is 10.0. The maximum absolute atomic E-state index is 10.8. The van der Waals surface area contributed by atoms with E-state index in [1.54, 1.807) is 0 Å². The van der Waals surface area contributed by atoms with E-state index in [1.165, 1.54) is 5.56 Å². The molecule has 12 heavy (non-hydrogen) atoms. The van der Waals surface area contributed by atoms with E-state index in [2.05, 4.69) is 20.4 Å². The summed E-state index contributed by atoms with van der Waals surface area (Å²) in [6.07, 6.45) is 0. The van der Waals surface area contributed by atoms with E-state index >= 15 is 0 Å². The van der Waals surface area contributed by atoms with E-state index in [1.807, 2.05) is 24.3 Å². The minimum atomic E-state index is -0.120. The molecule has 0 bridgehead atoms. The molecule has 0 aromatic heterocycles. The molecule has 63 valence electrons. The first-order valence-electron chi connectivity index (χ1n) is 4.07. The summed E-state index contributed by atoms with van der Waals surface area (Å²) in [5.41, 5.74) is 1.93. The molecule has 0 heterocycles. The maximum Gasteiger partial charge on any atom is 0.178 e. The third kappa shape index (κ3) is 1.88. The Balaban J connectivity index is 2.93. The van der Waals surface area contributed by atoms with E-state index in [0.717, 1.165) is 0 Å². The summed E-state index contributed by atoms with van der Waals surface area (Å²) < 4.78 is 0. The van der Waals surface area contributed by atoms with Crippen LogP contribution in [0.15, 0.2) is 30.8 Å². The summed E-state index contributed by atoms with van der Waals surface area (Å²) in [4.78, 5) is 0. The molecule has 1 aromatic rings. The fraction of sp³-hybridized carbons (Fsp3) is 0.273. The van der Waals surface area contributed by atoms with Crippen molar-refractivity contribution in [1.82, 2.24) is 0 Å². The van der Waals surface area contributed by atoms with Gasteiger partial charge in [0.15, 0.2) is 5.76 Å². The van der Waals surface area contributed by atoms with E-state index in [0.29, 0.717) is 11.5 Å². The van der Waals surface area contributed by atoms with Crippen molar-refractivity contribution in [2.45, 2.75) is 19.8 Å². The fourth-order valence-corrected chi connectivity index (χ4v) is 1.05. The smallest absolute Gasteiger partial charge is 0.178 e. The molecule has 1 aromatic carbocycles. The summed E-state index contributed by atoms with van der Waals surface area (Å²) in [5, 5.41) is 10.8. The standard InChI is InChI=1S/C11H13O/c1-8(2)10-4-6-11(7-5-10)9(3)12/h4-8H,3H2,1-2H3. The molecule has 1 rings (SSSR count). The Hall–Kier alpha value is -1.24. The molecule has 0 unspecified atom stereocenters. The first kappa shape index (κ1) is 8.85. The Labute approximate surface area is 73.4 Å². The Bertz CT molecular complexity index is 270. The SMILES string of the molecule is C=C([O])c1ccc(C(C)C)cc1. The minimum Gasteiger partial charge on any atom is -0.290 e. The summed E-state index contributed by atoms with van der Waals surface area (Å²) >= 11 is 0. The molecule has 0 saturated heterocycles. The van der Waals surface area contributed by atoms with Crippen LogP contribution in [0.2, 0.25) is 0 Å². The molecule has 0 amide bonds. The number of hydrogen-bond acceptors (Lipinski definition) is 0. The van der Waals surface area contributed by atoms with Crippen LogP contribution in [0.1, 0.15) is 30.9 Å². The second-order valence-electron chi connectivity index (χ2n) is 3.20. The van der Waals surface area contributed by atoms with Crippen molar-refractivity contribution >= 4 is 5.76 Å². The Morgan fingerprint density at radius 2 is 1.75 bits per heavy atom. The summed E-state index contributed by atoms with van der Waals surface area (Å²) in [7, 11) is 0. The molecular weight excluding hydrogens is 148 g/mol. The van der Waals surface area contributed by atoms with Gasteiger partial charge in [-0.1, -0.05) is 44.7 Å². The fourth-order valence-electron chi connectivity index (χ4n) is 1.05. The van der Waals surface area contributed by atoms with E-state index < -0.39 is 0 Å². The van der Waals surface area contributed by atoms with Gasteiger partial charge in [0.05, 0.1) is 0 Å². The van der Waals surface area contributed by atoms with Gasteiger partial charge in [-0.3, -0.25) is 5.11 Å². The van der Waals surface area contributed by atoms with Gasteiger partial charge in [-0.25, -0.2) is 0 Å². The van der Waals surface area contributed by atoms with Crippen LogP contribution in [0, 0.1) is 0 Å². The molecule has 0 aliphatic rings. The van der Waals surface area contributed by atoms with Crippen molar-refractivity contribution in [2.75, 3.05) is 0 Å². The van der Waals surface area contributed by atoms with Crippen LogP contribution in [-0.4, -0.2) is 0 Å². The molecule has 1 radical (unpaired) electrons. The number of rotatable bonds is 2. The summed E-state index contributed by atoms with van der Waals surface area (Å²) in [5.74, 6) is 0.393. The van der Waals surface area contributed by atoms with Gasteiger partial charge in [0, 0.05) is 5.56 Å². The second kappa shape index (κ2) is 3.44. The lowest BCUT2D eigenvalue weighted by Crippen LogP contribution is -1.87. The minimum absolute atomic E-state index is 0.120. The molecule has 1 nitrogen and oxygen atoms in total. The van der Waals surface area contributed by atoms with Crippen molar-refractivity contribution in [1.29, 1.82) is 0 Å². The van der Waals surface area contributed by atoms with Crippen molar-refractivity contribution in [3.8, 4) is 0 Å². The second-order valence-corrected chi connectivity index (χ2v) is 3.20.